The minimum atomic E-state index is -0.544. The maximum absolute atomic E-state index is 11.3. The normalized spacial score (nSPS) is 12.0. The van der Waals surface area contributed by atoms with Crippen LogP contribution in [0, 0.1) is 6.92 Å². The van der Waals surface area contributed by atoms with Gasteiger partial charge in [0, 0.05) is 24.3 Å². The molecule has 1 rings (SSSR count). The minimum Gasteiger partial charge on any atom is -0.463 e. The number of rotatable bonds is 5. The Morgan fingerprint density at radius 3 is 2.82 bits per heavy atom. The first kappa shape index (κ1) is 13.4. The highest BCUT2D eigenvalue weighted by Gasteiger charge is 2.12. The van der Waals surface area contributed by atoms with Gasteiger partial charge >= 0.3 is 5.97 Å². The Bertz CT molecular complexity index is 391. The fourth-order valence-corrected chi connectivity index (χ4v) is 1.36. The van der Waals surface area contributed by atoms with Crippen LogP contribution in [0.3, 0.4) is 0 Å². The van der Waals surface area contributed by atoms with E-state index in [9.17, 15) is 4.79 Å². The maximum atomic E-state index is 11.3. The van der Waals surface area contributed by atoms with Crippen molar-refractivity contribution in [2.75, 3.05) is 19.0 Å². The second-order valence-corrected chi connectivity index (χ2v) is 3.69. The predicted molar refractivity (Wildman–Crippen MR) is 64.9 cm³/mol. The Kier molecular flexibility index (Phi) is 4.84. The van der Waals surface area contributed by atoms with Crippen molar-refractivity contribution in [3.8, 4) is 0 Å². The van der Waals surface area contributed by atoms with Crippen molar-refractivity contribution >= 4 is 11.8 Å². The van der Waals surface area contributed by atoms with Crippen LogP contribution in [0.15, 0.2) is 6.07 Å². The number of carbonyl (C=O) groups excluding carboxylic acids is 1. The van der Waals surface area contributed by atoms with E-state index in [1.165, 1.54) is 7.11 Å². The largest absolute Gasteiger partial charge is 0.463 e. The number of nitrogens with one attached hydrogen (secondary N) is 1. The molecule has 1 heterocycles. The molecular formula is C11H18N4O2. The molecule has 1 unspecified atom stereocenters. The standard InChI is InChI=1S/C11H18N4O2/c1-4-8(6-12)14-9-5-7(2)13-10(15-9)11(16)17-3/h5,8H,4,6,12H2,1-3H3,(H,13,14,15). The molecular weight excluding hydrogens is 220 g/mol. The molecule has 0 aromatic carbocycles. The lowest BCUT2D eigenvalue weighted by atomic mass is 10.2. The van der Waals surface area contributed by atoms with Gasteiger partial charge in [-0.05, 0) is 13.3 Å². The van der Waals surface area contributed by atoms with E-state index in [1.54, 1.807) is 13.0 Å². The number of nitrogens with zero attached hydrogens (tertiary/aromatic N) is 2. The number of nitrogens with two attached hydrogens (primary N) is 1. The number of esters is 1. The maximum Gasteiger partial charge on any atom is 0.376 e. The smallest absolute Gasteiger partial charge is 0.376 e. The molecule has 6 nitrogen and oxygen atoms in total. The van der Waals surface area contributed by atoms with Crippen molar-refractivity contribution in [2.24, 2.45) is 5.73 Å². The highest BCUT2D eigenvalue weighted by Crippen LogP contribution is 2.09. The third-order valence-corrected chi connectivity index (χ3v) is 2.35. The second kappa shape index (κ2) is 6.15. The van der Waals surface area contributed by atoms with Crippen LogP contribution in [0.5, 0.6) is 0 Å². The van der Waals surface area contributed by atoms with E-state index in [2.05, 4.69) is 20.0 Å². The summed E-state index contributed by atoms with van der Waals surface area (Å²) in [5.41, 5.74) is 6.30. The van der Waals surface area contributed by atoms with Crippen molar-refractivity contribution < 1.29 is 9.53 Å². The number of hydrogen-bond acceptors (Lipinski definition) is 6. The first-order valence-electron chi connectivity index (χ1n) is 5.51. The van der Waals surface area contributed by atoms with Crippen LogP contribution in [0.4, 0.5) is 5.82 Å². The molecule has 0 saturated carbocycles. The molecule has 0 saturated heterocycles. The summed E-state index contributed by atoms with van der Waals surface area (Å²) >= 11 is 0. The van der Waals surface area contributed by atoms with Gasteiger partial charge in [0.25, 0.3) is 0 Å². The highest BCUT2D eigenvalue weighted by molar-refractivity contribution is 5.85. The van der Waals surface area contributed by atoms with Gasteiger partial charge in [0.1, 0.15) is 5.82 Å². The lowest BCUT2D eigenvalue weighted by Crippen LogP contribution is -2.28. The zero-order valence-electron chi connectivity index (χ0n) is 10.4. The molecule has 1 aromatic rings. The van der Waals surface area contributed by atoms with Crippen LogP contribution < -0.4 is 11.1 Å². The Labute approximate surface area is 101 Å². The summed E-state index contributed by atoms with van der Waals surface area (Å²) in [7, 11) is 1.30. The third-order valence-electron chi connectivity index (χ3n) is 2.35. The zero-order valence-corrected chi connectivity index (χ0v) is 10.4. The summed E-state index contributed by atoms with van der Waals surface area (Å²) in [6, 6.07) is 1.90. The van der Waals surface area contributed by atoms with E-state index in [0.29, 0.717) is 18.1 Å². The molecule has 0 aliphatic rings. The first-order chi connectivity index (χ1) is 8.10. The van der Waals surface area contributed by atoms with Crippen molar-refractivity contribution in [2.45, 2.75) is 26.3 Å². The van der Waals surface area contributed by atoms with Gasteiger partial charge in [-0.1, -0.05) is 6.92 Å². The van der Waals surface area contributed by atoms with E-state index < -0.39 is 5.97 Å². The molecule has 0 aliphatic heterocycles. The topological polar surface area (TPSA) is 90.1 Å². The number of ether oxygens (including phenoxy) is 1. The summed E-state index contributed by atoms with van der Waals surface area (Å²) in [5, 5.41) is 3.15. The Balaban J connectivity index is 2.93. The summed E-state index contributed by atoms with van der Waals surface area (Å²) in [6.07, 6.45) is 0.882. The molecule has 3 N–H and O–H groups in total. The zero-order chi connectivity index (χ0) is 12.8. The van der Waals surface area contributed by atoms with Gasteiger partial charge in [-0.15, -0.1) is 0 Å². The summed E-state index contributed by atoms with van der Waals surface area (Å²) < 4.78 is 4.59. The first-order valence-corrected chi connectivity index (χ1v) is 5.51. The average molecular weight is 238 g/mol. The molecule has 0 bridgehead atoms. The molecule has 0 amide bonds. The van der Waals surface area contributed by atoms with Crippen molar-refractivity contribution in [1.82, 2.24) is 9.97 Å². The molecule has 1 atom stereocenters. The van der Waals surface area contributed by atoms with Gasteiger partial charge in [0.15, 0.2) is 0 Å². The van der Waals surface area contributed by atoms with E-state index >= 15 is 0 Å². The fraction of sp³-hybridized carbons (Fsp3) is 0.545. The third kappa shape index (κ3) is 3.67. The second-order valence-electron chi connectivity index (χ2n) is 3.69. The van der Waals surface area contributed by atoms with Crippen molar-refractivity contribution in [1.29, 1.82) is 0 Å². The molecule has 0 spiro atoms. The van der Waals surface area contributed by atoms with Crippen molar-refractivity contribution in [3.63, 3.8) is 0 Å². The van der Waals surface area contributed by atoms with Gasteiger partial charge in [0.05, 0.1) is 7.11 Å². The summed E-state index contributed by atoms with van der Waals surface area (Å²) in [6.45, 7) is 4.33. The van der Waals surface area contributed by atoms with Gasteiger partial charge < -0.3 is 15.8 Å². The van der Waals surface area contributed by atoms with Crippen LogP contribution in [0.2, 0.25) is 0 Å². The summed E-state index contributed by atoms with van der Waals surface area (Å²) in [5.74, 6) is 0.106. The number of aryl methyl sites for hydroxylation is 1. The molecule has 0 fully saturated rings. The van der Waals surface area contributed by atoms with Crippen LogP contribution in [-0.2, 0) is 4.74 Å². The lowest BCUT2D eigenvalue weighted by molar-refractivity contribution is 0.0586. The monoisotopic (exact) mass is 238 g/mol. The minimum absolute atomic E-state index is 0.0573. The Morgan fingerprint density at radius 2 is 2.29 bits per heavy atom. The van der Waals surface area contributed by atoms with Crippen LogP contribution in [0.1, 0.15) is 29.7 Å². The van der Waals surface area contributed by atoms with E-state index in [-0.39, 0.29) is 11.9 Å². The number of carbonyl (C=O) groups is 1. The van der Waals surface area contributed by atoms with Crippen LogP contribution in [-0.4, -0.2) is 35.6 Å². The number of anilines is 1. The van der Waals surface area contributed by atoms with E-state index in [4.69, 9.17) is 5.73 Å². The van der Waals surface area contributed by atoms with E-state index in [1.807, 2.05) is 6.92 Å². The van der Waals surface area contributed by atoms with Gasteiger partial charge in [-0.2, -0.15) is 0 Å². The lowest BCUT2D eigenvalue weighted by Gasteiger charge is -2.15. The number of hydrogen-bond donors (Lipinski definition) is 2. The quantitative estimate of drug-likeness (QED) is 0.735. The molecule has 0 aliphatic carbocycles. The number of aromatic nitrogens is 2. The molecule has 94 valence electrons. The van der Waals surface area contributed by atoms with Crippen molar-refractivity contribution in [3.05, 3.63) is 17.6 Å². The van der Waals surface area contributed by atoms with Gasteiger partial charge in [-0.25, -0.2) is 14.8 Å². The molecule has 1 aromatic heterocycles. The average Bonchev–Trinajstić information content (AvgIpc) is 2.34. The van der Waals surface area contributed by atoms with E-state index in [0.717, 1.165) is 6.42 Å². The van der Waals surface area contributed by atoms with Crippen LogP contribution in [0.25, 0.3) is 0 Å². The highest BCUT2D eigenvalue weighted by atomic mass is 16.5. The molecule has 6 heteroatoms. The Morgan fingerprint density at radius 1 is 1.59 bits per heavy atom. The summed E-state index contributed by atoms with van der Waals surface area (Å²) in [4.78, 5) is 19.4. The molecule has 17 heavy (non-hydrogen) atoms. The van der Waals surface area contributed by atoms with Gasteiger partial charge in [-0.3, -0.25) is 0 Å². The van der Waals surface area contributed by atoms with Crippen LogP contribution >= 0.6 is 0 Å². The number of methoxy groups -OCH3 is 1. The SMILES string of the molecule is CCC(CN)Nc1cc(C)nc(C(=O)OC)n1. The van der Waals surface area contributed by atoms with Gasteiger partial charge in [0.2, 0.25) is 5.82 Å². The predicted octanol–water partition coefficient (Wildman–Crippen LogP) is 0.721. The molecule has 0 radical (unpaired) electrons. The Hall–Kier alpha value is -1.69. The fourth-order valence-electron chi connectivity index (χ4n) is 1.36.